The minimum Gasteiger partial charge on any atom is -0.439 e. The average Bonchev–Trinajstić information content (AvgIpc) is 2.40. The fourth-order valence-electron chi connectivity index (χ4n) is 1.50. The molecule has 0 saturated heterocycles. The van der Waals surface area contributed by atoms with Crippen LogP contribution >= 0.6 is 11.8 Å². The Morgan fingerprint density at radius 3 is 2.56 bits per heavy atom. The Morgan fingerprint density at radius 2 is 1.94 bits per heavy atom. The summed E-state index contributed by atoms with van der Waals surface area (Å²) in [5.74, 6) is 1.23. The molecule has 4 heteroatoms. The number of hydrogen-bond donors (Lipinski definition) is 1. The van der Waals surface area contributed by atoms with E-state index >= 15 is 0 Å². The lowest BCUT2D eigenvalue weighted by Crippen LogP contribution is -1.94. The van der Waals surface area contributed by atoms with Crippen LogP contribution in [0.4, 0.5) is 0 Å². The van der Waals surface area contributed by atoms with Crippen LogP contribution < -0.4 is 4.74 Å². The highest BCUT2D eigenvalue weighted by Gasteiger charge is 2.04. The van der Waals surface area contributed by atoms with Crippen LogP contribution in [0.2, 0.25) is 0 Å². The van der Waals surface area contributed by atoms with E-state index in [1.165, 1.54) is 4.90 Å². The molecular formula is C14H15NO2S. The minimum atomic E-state index is -0.519. The van der Waals surface area contributed by atoms with Gasteiger partial charge in [0.05, 0.1) is 6.10 Å². The number of rotatable bonds is 4. The molecule has 1 aromatic heterocycles. The smallest absolute Gasteiger partial charge is 0.219 e. The van der Waals surface area contributed by atoms with Crippen LogP contribution in [0.15, 0.2) is 47.5 Å². The zero-order chi connectivity index (χ0) is 13.0. The normalized spacial score (nSPS) is 12.2. The third-order valence-electron chi connectivity index (χ3n) is 2.52. The van der Waals surface area contributed by atoms with Crippen LogP contribution in [0.1, 0.15) is 18.6 Å². The van der Waals surface area contributed by atoms with E-state index in [1.54, 1.807) is 37.0 Å². The minimum absolute atomic E-state index is 0.491. The van der Waals surface area contributed by atoms with Crippen molar-refractivity contribution in [3.63, 3.8) is 0 Å². The maximum atomic E-state index is 9.50. The van der Waals surface area contributed by atoms with Gasteiger partial charge >= 0.3 is 0 Å². The van der Waals surface area contributed by atoms with Gasteiger partial charge in [0.15, 0.2) is 0 Å². The first kappa shape index (κ1) is 12.9. The fourth-order valence-corrected chi connectivity index (χ4v) is 1.91. The molecule has 2 rings (SSSR count). The Kier molecular flexibility index (Phi) is 4.23. The Bertz CT molecular complexity index is 511. The summed E-state index contributed by atoms with van der Waals surface area (Å²) >= 11 is 1.69. The van der Waals surface area contributed by atoms with Crippen molar-refractivity contribution >= 4 is 11.8 Å². The highest BCUT2D eigenvalue weighted by atomic mass is 32.2. The molecule has 1 aromatic carbocycles. The van der Waals surface area contributed by atoms with Gasteiger partial charge in [-0.3, -0.25) is 0 Å². The largest absolute Gasteiger partial charge is 0.439 e. The molecule has 0 amide bonds. The van der Waals surface area contributed by atoms with Crippen molar-refractivity contribution in [1.82, 2.24) is 4.98 Å². The standard InChI is InChI=1S/C14H15NO2S/c1-10(16)11-7-8-15-14(9-11)17-12-3-5-13(18-2)6-4-12/h3-10,16H,1-2H3. The molecule has 0 aliphatic carbocycles. The summed E-state index contributed by atoms with van der Waals surface area (Å²) in [7, 11) is 0. The predicted octanol–water partition coefficient (Wildman–Crippen LogP) is 3.65. The summed E-state index contributed by atoms with van der Waals surface area (Å²) in [5, 5.41) is 9.50. The lowest BCUT2D eigenvalue weighted by molar-refractivity contribution is 0.198. The molecule has 1 atom stereocenters. The van der Waals surface area contributed by atoms with E-state index in [0.717, 1.165) is 11.3 Å². The number of pyridine rings is 1. The Morgan fingerprint density at radius 1 is 1.22 bits per heavy atom. The van der Waals surface area contributed by atoms with Gasteiger partial charge in [-0.2, -0.15) is 0 Å². The van der Waals surface area contributed by atoms with Crippen molar-refractivity contribution in [3.05, 3.63) is 48.2 Å². The van der Waals surface area contributed by atoms with Gasteiger partial charge < -0.3 is 9.84 Å². The second-order valence-electron chi connectivity index (χ2n) is 3.88. The number of aliphatic hydroxyl groups excluding tert-OH is 1. The van der Waals surface area contributed by atoms with Crippen LogP contribution in [-0.2, 0) is 0 Å². The number of aromatic nitrogens is 1. The molecule has 0 fully saturated rings. The van der Waals surface area contributed by atoms with Crippen molar-refractivity contribution in [2.24, 2.45) is 0 Å². The third kappa shape index (κ3) is 3.24. The molecule has 1 unspecified atom stereocenters. The monoisotopic (exact) mass is 261 g/mol. The number of hydrogen-bond acceptors (Lipinski definition) is 4. The number of aliphatic hydroxyl groups is 1. The molecule has 94 valence electrons. The fraction of sp³-hybridized carbons (Fsp3) is 0.214. The van der Waals surface area contributed by atoms with E-state index in [0.29, 0.717) is 5.88 Å². The zero-order valence-electron chi connectivity index (χ0n) is 10.3. The molecule has 18 heavy (non-hydrogen) atoms. The van der Waals surface area contributed by atoms with Crippen LogP contribution in [0, 0.1) is 0 Å². The first-order valence-electron chi connectivity index (χ1n) is 5.65. The highest BCUT2D eigenvalue weighted by Crippen LogP contribution is 2.24. The Balaban J connectivity index is 2.15. The van der Waals surface area contributed by atoms with E-state index in [-0.39, 0.29) is 0 Å². The maximum absolute atomic E-state index is 9.50. The van der Waals surface area contributed by atoms with Crippen molar-refractivity contribution < 1.29 is 9.84 Å². The van der Waals surface area contributed by atoms with Crippen molar-refractivity contribution in [2.75, 3.05) is 6.26 Å². The van der Waals surface area contributed by atoms with Crippen molar-refractivity contribution in [2.45, 2.75) is 17.9 Å². The van der Waals surface area contributed by atoms with Gasteiger partial charge in [-0.05, 0) is 49.1 Å². The van der Waals surface area contributed by atoms with Gasteiger partial charge in [-0.25, -0.2) is 4.98 Å². The molecule has 3 nitrogen and oxygen atoms in total. The molecule has 0 aliphatic heterocycles. The second-order valence-corrected chi connectivity index (χ2v) is 4.76. The number of ether oxygens (including phenoxy) is 1. The summed E-state index contributed by atoms with van der Waals surface area (Å²) in [6, 6.07) is 11.3. The zero-order valence-corrected chi connectivity index (χ0v) is 11.1. The first-order valence-corrected chi connectivity index (χ1v) is 6.87. The lowest BCUT2D eigenvalue weighted by Gasteiger charge is -2.08. The third-order valence-corrected chi connectivity index (χ3v) is 3.27. The summed E-state index contributed by atoms with van der Waals surface area (Å²) < 4.78 is 5.64. The van der Waals surface area contributed by atoms with E-state index in [4.69, 9.17) is 4.74 Å². The molecule has 0 bridgehead atoms. The van der Waals surface area contributed by atoms with Gasteiger partial charge in [-0.1, -0.05) is 0 Å². The lowest BCUT2D eigenvalue weighted by atomic mass is 10.2. The van der Waals surface area contributed by atoms with E-state index in [1.807, 2.05) is 30.5 Å². The van der Waals surface area contributed by atoms with Gasteiger partial charge in [0, 0.05) is 17.2 Å². The molecule has 0 spiro atoms. The Labute approximate surface area is 111 Å². The molecule has 1 N–H and O–H groups in total. The highest BCUT2D eigenvalue weighted by molar-refractivity contribution is 7.98. The van der Waals surface area contributed by atoms with E-state index in [9.17, 15) is 5.11 Å². The number of nitrogens with zero attached hydrogens (tertiary/aromatic N) is 1. The predicted molar refractivity (Wildman–Crippen MR) is 73.2 cm³/mol. The molecule has 0 saturated carbocycles. The topological polar surface area (TPSA) is 42.4 Å². The first-order chi connectivity index (χ1) is 8.69. The summed E-state index contributed by atoms with van der Waals surface area (Å²) in [6.45, 7) is 1.71. The van der Waals surface area contributed by atoms with E-state index < -0.39 is 6.10 Å². The Hall–Kier alpha value is -1.52. The summed E-state index contributed by atoms with van der Waals surface area (Å²) in [4.78, 5) is 5.31. The summed E-state index contributed by atoms with van der Waals surface area (Å²) in [5.41, 5.74) is 0.792. The molecule has 0 aliphatic rings. The van der Waals surface area contributed by atoms with Crippen LogP contribution in [0.5, 0.6) is 11.6 Å². The molecule has 0 radical (unpaired) electrons. The van der Waals surface area contributed by atoms with Crippen LogP contribution in [-0.4, -0.2) is 16.3 Å². The van der Waals surface area contributed by atoms with Crippen molar-refractivity contribution in [3.8, 4) is 11.6 Å². The van der Waals surface area contributed by atoms with Crippen molar-refractivity contribution in [1.29, 1.82) is 0 Å². The van der Waals surface area contributed by atoms with Crippen LogP contribution in [0.3, 0.4) is 0 Å². The number of benzene rings is 1. The van der Waals surface area contributed by atoms with E-state index in [2.05, 4.69) is 4.98 Å². The SMILES string of the molecule is CSc1ccc(Oc2cc(C(C)O)ccn2)cc1. The number of thioether (sulfide) groups is 1. The quantitative estimate of drug-likeness (QED) is 0.853. The molecule has 2 aromatic rings. The van der Waals surface area contributed by atoms with Crippen LogP contribution in [0.25, 0.3) is 0 Å². The maximum Gasteiger partial charge on any atom is 0.219 e. The summed E-state index contributed by atoms with van der Waals surface area (Å²) in [6.07, 6.45) is 3.14. The van der Waals surface area contributed by atoms with Gasteiger partial charge in [-0.15, -0.1) is 11.8 Å². The van der Waals surface area contributed by atoms with Gasteiger partial charge in [0.2, 0.25) is 5.88 Å². The van der Waals surface area contributed by atoms with Gasteiger partial charge in [0.25, 0.3) is 0 Å². The van der Waals surface area contributed by atoms with Gasteiger partial charge in [0.1, 0.15) is 5.75 Å². The second kappa shape index (κ2) is 5.89. The average molecular weight is 261 g/mol. The molecular weight excluding hydrogens is 246 g/mol. The molecule has 1 heterocycles.